The van der Waals surface area contributed by atoms with Crippen LogP contribution < -0.4 is 10.6 Å². The van der Waals surface area contributed by atoms with E-state index in [1.807, 2.05) is 0 Å². The molecule has 0 aromatic heterocycles. The van der Waals surface area contributed by atoms with Crippen LogP contribution in [0, 0.1) is 5.82 Å². The van der Waals surface area contributed by atoms with Gasteiger partial charge < -0.3 is 20.3 Å². The Morgan fingerprint density at radius 3 is 2.60 bits per heavy atom. The van der Waals surface area contributed by atoms with Gasteiger partial charge in [-0.2, -0.15) is 0 Å². The van der Waals surface area contributed by atoms with E-state index in [4.69, 9.17) is 16.3 Å². The molecule has 3 amide bonds. The number of ether oxygens (including phenoxy) is 1. The number of rotatable bonds is 3. The van der Waals surface area contributed by atoms with E-state index in [0.29, 0.717) is 36.2 Å². The molecule has 0 bridgehead atoms. The number of halogens is 3. The molecular weight excluding hydrogens is 417 g/mol. The number of amides is 3. The van der Waals surface area contributed by atoms with Gasteiger partial charge in [-0.25, -0.2) is 14.0 Å². The van der Waals surface area contributed by atoms with E-state index in [0.717, 1.165) is 6.07 Å². The first-order valence-corrected chi connectivity index (χ1v) is 8.77. The standard InChI is InChI=1S/C16H18BrClFN3O3/c1-9(2)25-16(24)22-5-3-11(4-6-22)20-15(23)21-14-12(17)7-10(18)8-13(14)19/h7-8,11H,1,3-6H2,2H3,(H2,20,21,23). The van der Waals surface area contributed by atoms with Gasteiger partial charge in [0.2, 0.25) is 0 Å². The van der Waals surface area contributed by atoms with E-state index in [9.17, 15) is 14.0 Å². The Hall–Kier alpha value is -1.80. The maximum absolute atomic E-state index is 13.9. The van der Waals surface area contributed by atoms with Gasteiger partial charge in [-0.3, -0.25) is 0 Å². The number of anilines is 1. The predicted molar refractivity (Wildman–Crippen MR) is 97.2 cm³/mol. The third-order valence-electron chi connectivity index (χ3n) is 3.60. The molecule has 0 radical (unpaired) electrons. The molecule has 25 heavy (non-hydrogen) atoms. The van der Waals surface area contributed by atoms with E-state index in [1.165, 1.54) is 6.07 Å². The van der Waals surface area contributed by atoms with Crippen LogP contribution in [0.15, 0.2) is 28.9 Å². The minimum atomic E-state index is -0.633. The lowest BCUT2D eigenvalue weighted by Crippen LogP contribution is -2.47. The molecule has 9 heteroatoms. The summed E-state index contributed by atoms with van der Waals surface area (Å²) in [7, 11) is 0. The van der Waals surface area contributed by atoms with Crippen LogP contribution in [0.2, 0.25) is 5.02 Å². The summed E-state index contributed by atoms with van der Waals surface area (Å²) in [6.45, 7) is 6.04. The number of carbonyl (C=O) groups is 2. The molecule has 1 aliphatic heterocycles. The van der Waals surface area contributed by atoms with Gasteiger partial charge in [0.15, 0.2) is 0 Å². The maximum Gasteiger partial charge on any atom is 0.414 e. The largest absolute Gasteiger partial charge is 0.416 e. The number of nitrogens with zero attached hydrogens (tertiary/aromatic N) is 1. The third-order valence-corrected chi connectivity index (χ3v) is 4.44. The lowest BCUT2D eigenvalue weighted by atomic mass is 10.1. The van der Waals surface area contributed by atoms with Crippen molar-refractivity contribution in [3.05, 3.63) is 39.8 Å². The predicted octanol–water partition coefficient (Wildman–Crippen LogP) is 4.50. The summed E-state index contributed by atoms with van der Waals surface area (Å²) in [5.41, 5.74) is 0.0179. The number of benzene rings is 1. The number of piperidine rings is 1. The van der Waals surface area contributed by atoms with Crippen molar-refractivity contribution in [3.8, 4) is 0 Å². The SMILES string of the molecule is C=C(C)OC(=O)N1CCC(NC(=O)Nc2c(F)cc(Cl)cc2Br)CC1. The molecule has 0 saturated carbocycles. The van der Waals surface area contributed by atoms with Gasteiger partial charge in [0.1, 0.15) is 5.82 Å². The molecule has 2 rings (SSSR count). The van der Waals surface area contributed by atoms with E-state index >= 15 is 0 Å². The second-order valence-corrected chi connectivity index (χ2v) is 6.96. The fraction of sp³-hybridized carbons (Fsp3) is 0.375. The van der Waals surface area contributed by atoms with E-state index in [1.54, 1.807) is 11.8 Å². The summed E-state index contributed by atoms with van der Waals surface area (Å²) >= 11 is 8.90. The molecule has 2 N–H and O–H groups in total. The van der Waals surface area contributed by atoms with Gasteiger partial charge >= 0.3 is 12.1 Å². The van der Waals surface area contributed by atoms with Crippen LogP contribution >= 0.6 is 27.5 Å². The number of likely N-dealkylation sites (tertiary alicyclic amines) is 1. The van der Waals surface area contributed by atoms with E-state index in [-0.39, 0.29) is 16.8 Å². The smallest absolute Gasteiger partial charge is 0.414 e. The molecule has 0 atom stereocenters. The average molecular weight is 435 g/mol. The molecule has 0 spiro atoms. The van der Waals surface area contributed by atoms with Crippen molar-refractivity contribution in [2.75, 3.05) is 18.4 Å². The summed E-state index contributed by atoms with van der Waals surface area (Å²) in [4.78, 5) is 25.4. The molecule has 1 saturated heterocycles. The molecule has 0 unspecified atom stereocenters. The summed E-state index contributed by atoms with van der Waals surface area (Å²) in [5.74, 6) is -0.299. The van der Waals surface area contributed by atoms with Gasteiger partial charge in [-0.15, -0.1) is 0 Å². The van der Waals surface area contributed by atoms with Gasteiger partial charge in [0.05, 0.1) is 11.4 Å². The summed E-state index contributed by atoms with van der Waals surface area (Å²) in [6, 6.07) is 1.97. The second-order valence-electron chi connectivity index (χ2n) is 5.67. The van der Waals surface area contributed by atoms with Crippen LogP contribution in [-0.4, -0.2) is 36.2 Å². The Labute approximate surface area is 158 Å². The molecule has 136 valence electrons. The van der Waals surface area contributed by atoms with Crippen LogP contribution in [0.4, 0.5) is 19.7 Å². The number of allylic oxidation sites excluding steroid dienone is 1. The molecular formula is C16H18BrClFN3O3. The first-order chi connectivity index (χ1) is 11.8. The van der Waals surface area contributed by atoms with Gasteiger partial charge in [-0.05, 0) is 47.8 Å². The maximum atomic E-state index is 13.9. The summed E-state index contributed by atoms with van der Waals surface area (Å²) < 4.78 is 19.2. The highest BCUT2D eigenvalue weighted by atomic mass is 79.9. The van der Waals surface area contributed by atoms with Crippen molar-refractivity contribution < 1.29 is 18.7 Å². The monoisotopic (exact) mass is 433 g/mol. The lowest BCUT2D eigenvalue weighted by molar-refractivity contribution is 0.115. The van der Waals surface area contributed by atoms with Crippen LogP contribution in [0.25, 0.3) is 0 Å². The Bertz CT molecular complexity index is 670. The average Bonchev–Trinajstić information content (AvgIpc) is 2.51. The molecule has 1 heterocycles. The molecule has 1 aliphatic rings. The van der Waals surface area contributed by atoms with Gasteiger partial charge in [0.25, 0.3) is 0 Å². The quantitative estimate of drug-likeness (QED) is 0.688. The number of urea groups is 1. The number of hydrogen-bond donors (Lipinski definition) is 2. The normalized spacial score (nSPS) is 14.8. The highest BCUT2D eigenvalue weighted by Crippen LogP contribution is 2.29. The lowest BCUT2D eigenvalue weighted by Gasteiger charge is -2.31. The number of nitrogens with one attached hydrogen (secondary N) is 2. The molecule has 6 nitrogen and oxygen atoms in total. The first kappa shape index (κ1) is 19.5. The molecule has 1 aromatic carbocycles. The van der Waals surface area contributed by atoms with Crippen molar-refractivity contribution in [1.29, 1.82) is 0 Å². The fourth-order valence-electron chi connectivity index (χ4n) is 2.42. The molecule has 1 aromatic rings. The fourth-order valence-corrected chi connectivity index (χ4v) is 3.29. The zero-order valence-electron chi connectivity index (χ0n) is 13.6. The van der Waals surface area contributed by atoms with Gasteiger partial charge in [0, 0.05) is 28.6 Å². The van der Waals surface area contributed by atoms with E-state index in [2.05, 4.69) is 33.1 Å². The van der Waals surface area contributed by atoms with Crippen LogP contribution in [0.1, 0.15) is 19.8 Å². The number of hydrogen-bond acceptors (Lipinski definition) is 3. The molecule has 1 fully saturated rings. The zero-order valence-corrected chi connectivity index (χ0v) is 15.9. The Balaban J connectivity index is 1.85. The summed E-state index contributed by atoms with van der Waals surface area (Å²) in [6.07, 6.45) is 0.703. The van der Waals surface area contributed by atoms with E-state index < -0.39 is 17.9 Å². The Morgan fingerprint density at radius 1 is 1.40 bits per heavy atom. The minimum absolute atomic E-state index is 0.0179. The highest BCUT2D eigenvalue weighted by molar-refractivity contribution is 9.10. The van der Waals surface area contributed by atoms with Crippen molar-refractivity contribution in [3.63, 3.8) is 0 Å². The van der Waals surface area contributed by atoms with Crippen molar-refractivity contribution in [1.82, 2.24) is 10.2 Å². The zero-order chi connectivity index (χ0) is 18.6. The van der Waals surface area contributed by atoms with Crippen LogP contribution in [-0.2, 0) is 4.74 Å². The minimum Gasteiger partial charge on any atom is -0.416 e. The van der Waals surface area contributed by atoms with Crippen LogP contribution in [0.3, 0.4) is 0 Å². The molecule has 0 aliphatic carbocycles. The number of carbonyl (C=O) groups excluding carboxylic acids is 2. The van der Waals surface area contributed by atoms with Crippen molar-refractivity contribution in [2.24, 2.45) is 0 Å². The van der Waals surface area contributed by atoms with Crippen LogP contribution in [0.5, 0.6) is 0 Å². The first-order valence-electron chi connectivity index (χ1n) is 7.60. The van der Waals surface area contributed by atoms with Crippen molar-refractivity contribution >= 4 is 45.3 Å². The van der Waals surface area contributed by atoms with Crippen molar-refractivity contribution in [2.45, 2.75) is 25.8 Å². The topological polar surface area (TPSA) is 70.7 Å². The second kappa shape index (κ2) is 8.53. The Kier molecular flexibility index (Phi) is 6.66. The summed E-state index contributed by atoms with van der Waals surface area (Å²) in [5, 5.41) is 5.46. The highest BCUT2D eigenvalue weighted by Gasteiger charge is 2.25. The third kappa shape index (κ3) is 5.61. The van der Waals surface area contributed by atoms with Gasteiger partial charge in [-0.1, -0.05) is 18.2 Å². The Morgan fingerprint density at radius 2 is 2.04 bits per heavy atom.